The lowest BCUT2D eigenvalue weighted by Gasteiger charge is -2.35. The summed E-state index contributed by atoms with van der Waals surface area (Å²) < 4.78 is 28.4. The second-order valence-electron chi connectivity index (χ2n) is 12.8. The average Bonchev–Trinajstić information content (AvgIpc) is 3.60. The molecular weight excluding hydrogens is 569 g/mol. The molecule has 2 amide bonds. The summed E-state index contributed by atoms with van der Waals surface area (Å²) in [7, 11) is -1.79. The summed E-state index contributed by atoms with van der Waals surface area (Å²) in [5, 5.41) is 3.53. The number of anilines is 1. The maximum atomic E-state index is 13.6. The normalized spacial score (nSPS) is 17.9. The molecule has 12 heteroatoms. The van der Waals surface area contributed by atoms with Crippen molar-refractivity contribution >= 4 is 62.1 Å². The van der Waals surface area contributed by atoms with Crippen LogP contribution in [0.15, 0.2) is 41.3 Å². The van der Waals surface area contributed by atoms with E-state index in [1.54, 1.807) is 29.2 Å². The van der Waals surface area contributed by atoms with Crippen LogP contribution in [0.2, 0.25) is 0 Å². The largest absolute Gasteiger partial charge is 0.340 e. The van der Waals surface area contributed by atoms with Gasteiger partial charge in [-0.25, -0.2) is 13.4 Å². The van der Waals surface area contributed by atoms with Crippen LogP contribution >= 0.6 is 11.3 Å². The third-order valence-electron chi connectivity index (χ3n) is 8.18. The third-order valence-corrected chi connectivity index (χ3v) is 11.0. The molecule has 5 rings (SSSR count). The Bertz CT molecular complexity index is 1540. The van der Waals surface area contributed by atoms with Gasteiger partial charge in [0, 0.05) is 32.6 Å². The molecule has 0 bridgehead atoms. The number of nitrogens with zero attached hydrogens (tertiary/aromatic N) is 4. The highest BCUT2D eigenvalue weighted by Crippen LogP contribution is 2.36. The molecule has 3 aromatic rings. The molecule has 1 saturated carbocycles. The smallest absolute Gasteiger partial charge is 0.243 e. The summed E-state index contributed by atoms with van der Waals surface area (Å²) in [6.07, 6.45) is 5.70. The van der Waals surface area contributed by atoms with Crippen LogP contribution in [-0.4, -0.2) is 73.4 Å². The van der Waals surface area contributed by atoms with Gasteiger partial charge < -0.3 is 10.2 Å². The fraction of sp³-hybridized carbons (Fsp3) is 0.533. The van der Waals surface area contributed by atoms with Gasteiger partial charge in [-0.05, 0) is 53.2 Å². The Hall–Kier alpha value is -2.83. The minimum atomic E-state index is -3.72. The predicted molar refractivity (Wildman–Crippen MR) is 169 cm³/mol. The van der Waals surface area contributed by atoms with Crippen LogP contribution < -0.4 is 10.9 Å². The van der Waals surface area contributed by atoms with Crippen molar-refractivity contribution < 1.29 is 18.0 Å². The Balaban J connectivity index is 1.29. The van der Waals surface area contributed by atoms with E-state index in [2.05, 4.69) is 15.3 Å². The molecule has 2 fully saturated rings. The van der Waals surface area contributed by atoms with E-state index in [0.29, 0.717) is 37.0 Å². The number of hydrogen-bond donors (Lipinski definition) is 1. The Morgan fingerprint density at radius 3 is 2.33 bits per heavy atom. The maximum Gasteiger partial charge on any atom is 0.243 e. The van der Waals surface area contributed by atoms with Crippen LogP contribution in [0.1, 0.15) is 70.8 Å². The number of amides is 2. The van der Waals surface area contributed by atoms with E-state index in [-0.39, 0.29) is 35.2 Å². The fourth-order valence-electron chi connectivity index (χ4n) is 5.89. The number of piperazine rings is 1. The van der Waals surface area contributed by atoms with Crippen molar-refractivity contribution in [2.24, 2.45) is 11.3 Å². The van der Waals surface area contributed by atoms with Crippen molar-refractivity contribution in [3.8, 4) is 0 Å². The number of aromatic nitrogens is 2. The van der Waals surface area contributed by atoms with Crippen molar-refractivity contribution in [1.29, 1.82) is 0 Å². The predicted octanol–water partition coefficient (Wildman–Crippen LogP) is 3.52. The number of nitrogens with one attached hydrogen (secondary N) is 1. The number of fused-ring (bicyclic) bond motifs is 1. The zero-order valence-corrected chi connectivity index (χ0v) is 26.6. The van der Waals surface area contributed by atoms with E-state index in [9.17, 15) is 18.0 Å². The summed E-state index contributed by atoms with van der Waals surface area (Å²) in [4.78, 5) is 38.0. The molecule has 1 N–H and O–H groups in total. The number of carbonyl (C=O) groups excluding carboxylic acids is 2. The number of thiazole rings is 1. The summed E-state index contributed by atoms with van der Waals surface area (Å²) in [5.41, 5.74) is 2.33. The number of rotatable bonds is 8. The molecule has 1 aromatic carbocycles. The first-order chi connectivity index (χ1) is 19.9. The topological polar surface area (TPSA) is 113 Å². The van der Waals surface area contributed by atoms with Gasteiger partial charge in [0.25, 0.3) is 0 Å². The quantitative estimate of drug-likeness (QED) is 0.392. The molecule has 9 nitrogen and oxygen atoms in total. The second-order valence-corrected chi connectivity index (χ2v) is 15.7. The van der Waals surface area contributed by atoms with Gasteiger partial charge >= 0.3 is 0 Å². The first-order valence-electron chi connectivity index (χ1n) is 14.8. The zero-order chi connectivity index (χ0) is 30.1. The van der Waals surface area contributed by atoms with Gasteiger partial charge in [-0.3, -0.25) is 14.6 Å². The lowest BCUT2D eigenvalue weighted by molar-refractivity contribution is -0.134. The summed E-state index contributed by atoms with van der Waals surface area (Å²) >= 11 is 1.36. The monoisotopic (exact) mass is 609 g/mol. The van der Waals surface area contributed by atoms with Crippen molar-refractivity contribution in [3.63, 3.8) is 0 Å². The molecule has 1 aliphatic heterocycles. The van der Waals surface area contributed by atoms with E-state index >= 15 is 0 Å². The highest BCUT2D eigenvalue weighted by molar-refractivity contribution is 7.89. The first-order valence-corrected chi connectivity index (χ1v) is 17.1. The van der Waals surface area contributed by atoms with Crippen molar-refractivity contribution in [1.82, 2.24) is 19.2 Å². The van der Waals surface area contributed by atoms with Gasteiger partial charge in [0.15, 0.2) is 13.0 Å². The molecule has 1 aliphatic carbocycles. The van der Waals surface area contributed by atoms with Gasteiger partial charge in [0.2, 0.25) is 21.8 Å². The summed E-state index contributed by atoms with van der Waals surface area (Å²) in [6, 6.07) is 10.6. The summed E-state index contributed by atoms with van der Waals surface area (Å²) in [6.45, 7) is 7.38. The fourth-order valence-corrected chi connectivity index (χ4v) is 8.20. The number of pyridine rings is 1. The minimum absolute atomic E-state index is 0.0627. The molecule has 2 aliphatic rings. The highest BCUT2D eigenvalue weighted by Gasteiger charge is 2.32. The number of hydrogen-bond acceptors (Lipinski definition) is 7. The van der Waals surface area contributed by atoms with Crippen molar-refractivity contribution in [3.05, 3.63) is 42.0 Å². The van der Waals surface area contributed by atoms with Crippen LogP contribution in [0, 0.1) is 11.3 Å². The lowest BCUT2D eigenvalue weighted by atomic mass is 9.87. The van der Waals surface area contributed by atoms with Gasteiger partial charge in [0.05, 0.1) is 10.8 Å². The van der Waals surface area contributed by atoms with Crippen LogP contribution in [-0.2, 0) is 19.6 Å². The minimum Gasteiger partial charge on any atom is -0.340 e. The Morgan fingerprint density at radius 1 is 1.02 bits per heavy atom. The van der Waals surface area contributed by atoms with Crippen molar-refractivity contribution in [2.45, 2.75) is 70.1 Å². The standard InChI is InChI=1S/C30H40BN5O4S2/c1-30(2,3)19-26(37)35-14-16-36(17-15-35)42(39,40)22-10-8-21(9-11-22)23(18-20-6-4-5-7-20)27(38)34-29-32-24-12-13-25(31)33-28(24)41-29/h8-13,20,23H,4-7,14-19,31H2,1-3H3,(H,32,34,38). The Morgan fingerprint density at radius 2 is 1.69 bits per heavy atom. The van der Waals surface area contributed by atoms with Crippen LogP contribution in [0.3, 0.4) is 0 Å². The molecule has 1 unspecified atom stereocenters. The molecule has 2 aromatic heterocycles. The van der Waals surface area contributed by atoms with Gasteiger partial charge in [-0.2, -0.15) is 4.31 Å². The first kappa shape index (κ1) is 30.6. The van der Waals surface area contributed by atoms with Gasteiger partial charge in [-0.1, -0.05) is 69.9 Å². The number of sulfonamides is 1. The molecule has 0 radical (unpaired) electrons. The second kappa shape index (κ2) is 12.4. The average molecular weight is 610 g/mol. The number of benzene rings is 1. The summed E-state index contributed by atoms with van der Waals surface area (Å²) in [5.74, 6) is -0.0258. The molecule has 1 saturated heterocycles. The van der Waals surface area contributed by atoms with Crippen LogP contribution in [0.4, 0.5) is 5.13 Å². The molecular formula is C30H40BN5O4S2. The molecule has 224 valence electrons. The molecule has 1 atom stereocenters. The van der Waals surface area contributed by atoms with Crippen LogP contribution in [0.25, 0.3) is 10.3 Å². The number of carbonyl (C=O) groups is 2. The Kier molecular flexibility index (Phi) is 9.06. The molecule has 42 heavy (non-hydrogen) atoms. The SMILES string of the molecule is Bc1ccc2nc(NC(=O)C(CC3CCCC3)c3ccc(S(=O)(=O)N4CCN(C(=O)CC(C)(C)C)CC4)cc3)sc2n1. The maximum absolute atomic E-state index is 13.6. The molecule has 3 heterocycles. The zero-order valence-electron chi connectivity index (χ0n) is 24.9. The van der Waals surface area contributed by atoms with Gasteiger partial charge in [0.1, 0.15) is 10.3 Å². The van der Waals surface area contributed by atoms with Crippen LogP contribution in [0.5, 0.6) is 0 Å². The molecule has 0 spiro atoms. The van der Waals surface area contributed by atoms with E-state index < -0.39 is 15.9 Å². The van der Waals surface area contributed by atoms with E-state index in [1.165, 1.54) is 28.5 Å². The third kappa shape index (κ3) is 7.20. The van der Waals surface area contributed by atoms with E-state index in [1.807, 2.05) is 40.8 Å². The Labute approximate surface area is 253 Å². The van der Waals surface area contributed by atoms with Gasteiger partial charge in [-0.15, -0.1) is 0 Å². The highest BCUT2D eigenvalue weighted by atomic mass is 32.2. The van der Waals surface area contributed by atoms with E-state index in [0.717, 1.165) is 34.3 Å². The van der Waals surface area contributed by atoms with Crippen molar-refractivity contribution in [2.75, 3.05) is 31.5 Å². The van der Waals surface area contributed by atoms with E-state index in [4.69, 9.17) is 0 Å². The lowest BCUT2D eigenvalue weighted by Crippen LogP contribution is -2.51.